The van der Waals surface area contributed by atoms with Crippen molar-refractivity contribution in [3.8, 4) is 0 Å². The van der Waals surface area contributed by atoms with Crippen LogP contribution in [0.3, 0.4) is 0 Å². The van der Waals surface area contributed by atoms with Gasteiger partial charge >= 0.3 is 0 Å². The third kappa shape index (κ3) is 4.10. The summed E-state index contributed by atoms with van der Waals surface area (Å²) < 4.78 is 1.80. The third-order valence-electron chi connectivity index (χ3n) is 3.34. The van der Waals surface area contributed by atoms with E-state index in [1.54, 1.807) is 10.9 Å². The second-order valence-electron chi connectivity index (χ2n) is 6.30. The van der Waals surface area contributed by atoms with Crippen molar-refractivity contribution in [3.63, 3.8) is 0 Å². The van der Waals surface area contributed by atoms with E-state index in [0.717, 1.165) is 10.8 Å². The molecular weight excluding hydrogens is 296 g/mol. The highest BCUT2D eigenvalue weighted by atomic mass is 32.2. The number of carbonyl (C=O) groups is 1. The van der Waals surface area contributed by atoms with Crippen LogP contribution in [-0.4, -0.2) is 25.9 Å². The van der Waals surface area contributed by atoms with Crippen LogP contribution >= 0.6 is 11.8 Å². The van der Waals surface area contributed by atoms with Crippen LogP contribution in [0.4, 0.5) is 5.69 Å². The summed E-state index contributed by atoms with van der Waals surface area (Å²) in [5, 5.41) is 11.2. The maximum atomic E-state index is 12.2. The van der Waals surface area contributed by atoms with Crippen LogP contribution in [0.1, 0.15) is 33.3 Å². The van der Waals surface area contributed by atoms with Crippen molar-refractivity contribution in [2.45, 2.75) is 43.5 Å². The van der Waals surface area contributed by atoms with Gasteiger partial charge in [-0.15, -0.1) is 10.2 Å². The fourth-order valence-corrected chi connectivity index (χ4v) is 2.68. The first-order valence-corrected chi connectivity index (χ1v) is 8.07. The molecule has 0 aliphatic rings. The second-order valence-corrected chi connectivity index (χ2v) is 7.61. The number of aryl methyl sites for hydroxylation is 1. The number of hydrogen-bond acceptors (Lipinski definition) is 4. The molecule has 0 aliphatic carbocycles. The quantitative estimate of drug-likeness (QED) is 0.879. The number of carbonyl (C=O) groups excluding carboxylic acids is 1. The molecule has 1 amide bonds. The summed E-state index contributed by atoms with van der Waals surface area (Å²) in [4.78, 5) is 12.2. The third-order valence-corrected chi connectivity index (χ3v) is 4.49. The summed E-state index contributed by atoms with van der Waals surface area (Å²) in [6.45, 7) is 8.36. The second kappa shape index (κ2) is 6.52. The molecule has 0 fully saturated rings. The zero-order chi connectivity index (χ0) is 16.3. The topological polar surface area (TPSA) is 59.8 Å². The molecule has 0 bridgehead atoms. The minimum absolute atomic E-state index is 0.0449. The van der Waals surface area contributed by atoms with Gasteiger partial charge in [-0.1, -0.05) is 44.7 Å². The fourth-order valence-electron chi connectivity index (χ4n) is 1.89. The van der Waals surface area contributed by atoms with E-state index in [1.807, 2.05) is 26.1 Å². The lowest BCUT2D eigenvalue weighted by Gasteiger charge is -2.19. The Morgan fingerprint density at radius 1 is 1.27 bits per heavy atom. The molecule has 6 heteroatoms. The number of anilines is 1. The summed E-state index contributed by atoms with van der Waals surface area (Å²) >= 11 is 1.39. The smallest absolute Gasteiger partial charge is 0.237 e. The van der Waals surface area contributed by atoms with Crippen molar-refractivity contribution in [1.29, 1.82) is 0 Å². The highest BCUT2D eigenvalue weighted by molar-refractivity contribution is 8.00. The standard InChI is InChI=1S/C16H22N4OS/c1-11(22-15-19-17-10-20(15)5)14(21)18-13-8-6-12(7-9-13)16(2,3)4/h6-11H,1-5H3,(H,18,21)/t11-/m1/s1. The Morgan fingerprint density at radius 2 is 1.91 bits per heavy atom. The maximum Gasteiger partial charge on any atom is 0.237 e. The van der Waals surface area contributed by atoms with Crippen molar-refractivity contribution in [2.75, 3.05) is 5.32 Å². The molecule has 1 N–H and O–H groups in total. The van der Waals surface area contributed by atoms with Gasteiger partial charge in [0, 0.05) is 12.7 Å². The van der Waals surface area contributed by atoms with Crippen molar-refractivity contribution >= 4 is 23.4 Å². The number of amides is 1. The minimum atomic E-state index is -0.245. The van der Waals surface area contributed by atoms with Crippen LogP contribution < -0.4 is 5.32 Å². The van der Waals surface area contributed by atoms with E-state index in [0.29, 0.717) is 0 Å². The number of thioether (sulfide) groups is 1. The van der Waals surface area contributed by atoms with Gasteiger partial charge < -0.3 is 9.88 Å². The average Bonchev–Trinajstić information content (AvgIpc) is 2.84. The molecule has 0 saturated heterocycles. The number of nitrogens with one attached hydrogen (secondary N) is 1. The lowest BCUT2D eigenvalue weighted by atomic mass is 9.87. The molecule has 0 radical (unpaired) electrons. The monoisotopic (exact) mass is 318 g/mol. The number of rotatable bonds is 4. The summed E-state index contributed by atoms with van der Waals surface area (Å²) in [5.74, 6) is -0.0449. The summed E-state index contributed by atoms with van der Waals surface area (Å²) in [7, 11) is 1.86. The van der Waals surface area contributed by atoms with E-state index >= 15 is 0 Å². The van der Waals surface area contributed by atoms with Crippen molar-refractivity contribution < 1.29 is 4.79 Å². The van der Waals surface area contributed by atoms with Crippen LogP contribution in [-0.2, 0) is 17.3 Å². The Hall–Kier alpha value is -1.82. The van der Waals surface area contributed by atoms with E-state index in [-0.39, 0.29) is 16.6 Å². The van der Waals surface area contributed by atoms with E-state index in [1.165, 1.54) is 17.3 Å². The summed E-state index contributed by atoms with van der Waals surface area (Å²) in [5.41, 5.74) is 2.16. The van der Waals surface area contributed by atoms with Gasteiger partial charge in [-0.3, -0.25) is 4.79 Å². The lowest BCUT2D eigenvalue weighted by Crippen LogP contribution is -2.23. The molecular formula is C16H22N4OS. The van der Waals surface area contributed by atoms with E-state index in [4.69, 9.17) is 0 Å². The molecule has 118 valence electrons. The van der Waals surface area contributed by atoms with Crippen molar-refractivity contribution in [3.05, 3.63) is 36.2 Å². The molecule has 0 unspecified atom stereocenters. The predicted molar refractivity (Wildman–Crippen MR) is 90.1 cm³/mol. The normalized spacial score (nSPS) is 13.0. The molecule has 5 nitrogen and oxygen atoms in total. The van der Waals surface area contributed by atoms with Gasteiger partial charge in [-0.2, -0.15) is 0 Å². The van der Waals surface area contributed by atoms with Crippen LogP contribution in [0, 0.1) is 0 Å². The van der Waals surface area contributed by atoms with Gasteiger partial charge in [-0.25, -0.2) is 0 Å². The summed E-state index contributed by atoms with van der Waals surface area (Å²) in [6, 6.07) is 7.99. The average molecular weight is 318 g/mol. The van der Waals surface area contributed by atoms with E-state index in [2.05, 4.69) is 48.4 Å². The molecule has 22 heavy (non-hydrogen) atoms. The number of benzene rings is 1. The highest BCUT2D eigenvalue weighted by Gasteiger charge is 2.18. The van der Waals surface area contributed by atoms with Gasteiger partial charge in [0.1, 0.15) is 6.33 Å². The van der Waals surface area contributed by atoms with E-state index in [9.17, 15) is 4.79 Å². The fraction of sp³-hybridized carbons (Fsp3) is 0.438. The zero-order valence-electron chi connectivity index (χ0n) is 13.6. The van der Waals surface area contributed by atoms with Gasteiger partial charge in [0.05, 0.1) is 5.25 Å². The molecule has 2 aromatic rings. The van der Waals surface area contributed by atoms with Crippen LogP contribution in [0.5, 0.6) is 0 Å². The largest absolute Gasteiger partial charge is 0.325 e. The Morgan fingerprint density at radius 3 is 2.41 bits per heavy atom. The predicted octanol–water partition coefficient (Wildman–Crippen LogP) is 3.23. The first kappa shape index (κ1) is 16.5. The van der Waals surface area contributed by atoms with Crippen LogP contribution in [0.15, 0.2) is 35.7 Å². The molecule has 0 saturated carbocycles. The first-order valence-electron chi connectivity index (χ1n) is 7.19. The number of nitrogens with zero attached hydrogens (tertiary/aromatic N) is 3. The molecule has 1 heterocycles. The molecule has 0 aliphatic heterocycles. The van der Waals surface area contributed by atoms with Crippen LogP contribution in [0.2, 0.25) is 0 Å². The van der Waals surface area contributed by atoms with Gasteiger partial charge in [0.25, 0.3) is 0 Å². The zero-order valence-corrected chi connectivity index (χ0v) is 14.4. The summed E-state index contributed by atoms with van der Waals surface area (Å²) in [6.07, 6.45) is 1.62. The Balaban J connectivity index is 1.98. The number of aromatic nitrogens is 3. The molecule has 1 aromatic heterocycles. The molecule has 1 atom stereocenters. The van der Waals surface area contributed by atoms with Crippen molar-refractivity contribution in [2.24, 2.45) is 7.05 Å². The van der Waals surface area contributed by atoms with E-state index < -0.39 is 0 Å². The Bertz CT molecular complexity index is 643. The SMILES string of the molecule is C[C@@H](Sc1nncn1C)C(=O)Nc1ccc(C(C)(C)C)cc1. The molecule has 0 spiro atoms. The molecule has 2 rings (SSSR count). The van der Waals surface area contributed by atoms with Crippen molar-refractivity contribution in [1.82, 2.24) is 14.8 Å². The van der Waals surface area contributed by atoms with Gasteiger partial charge in [0.15, 0.2) is 5.16 Å². The maximum absolute atomic E-state index is 12.2. The van der Waals surface area contributed by atoms with Gasteiger partial charge in [-0.05, 0) is 30.0 Å². The van der Waals surface area contributed by atoms with Gasteiger partial charge in [0.2, 0.25) is 5.91 Å². The Labute approximate surface area is 135 Å². The Kier molecular flexibility index (Phi) is 4.90. The lowest BCUT2D eigenvalue weighted by molar-refractivity contribution is -0.115. The highest BCUT2D eigenvalue weighted by Crippen LogP contribution is 2.25. The number of hydrogen-bond donors (Lipinski definition) is 1. The van der Waals surface area contributed by atoms with Crippen LogP contribution in [0.25, 0.3) is 0 Å². The first-order chi connectivity index (χ1) is 10.3. The molecule has 1 aromatic carbocycles. The minimum Gasteiger partial charge on any atom is -0.325 e.